The maximum absolute atomic E-state index is 12.8. The minimum absolute atomic E-state index is 0.0948. The lowest BCUT2D eigenvalue weighted by atomic mass is 10.1. The van der Waals surface area contributed by atoms with Crippen LogP contribution in [0.25, 0.3) is 0 Å². The number of rotatable bonds is 9. The van der Waals surface area contributed by atoms with Gasteiger partial charge in [0.05, 0.1) is 16.6 Å². The summed E-state index contributed by atoms with van der Waals surface area (Å²) in [6.07, 6.45) is 1.87. The lowest BCUT2D eigenvalue weighted by Gasteiger charge is -2.17. The second kappa shape index (κ2) is 10.3. The average Bonchev–Trinajstić information content (AvgIpc) is 2.68. The molecule has 0 heterocycles. The molecule has 164 valence electrons. The first kappa shape index (κ1) is 24.2. The minimum Gasteiger partial charge on any atom is -0.492 e. The Bertz CT molecular complexity index is 1000. The van der Waals surface area contributed by atoms with Crippen molar-refractivity contribution in [3.63, 3.8) is 0 Å². The molecule has 8 heteroatoms. The highest BCUT2D eigenvalue weighted by molar-refractivity contribution is 7.98. The van der Waals surface area contributed by atoms with E-state index in [-0.39, 0.29) is 23.3 Å². The lowest BCUT2D eigenvalue weighted by Crippen LogP contribution is -2.36. The van der Waals surface area contributed by atoms with Crippen LogP contribution < -0.4 is 14.8 Å². The Hall–Kier alpha value is -2.03. The van der Waals surface area contributed by atoms with Crippen LogP contribution in [0.3, 0.4) is 0 Å². The molecule has 30 heavy (non-hydrogen) atoms. The van der Waals surface area contributed by atoms with Crippen LogP contribution in [0, 0.1) is 19.8 Å². The number of carbonyl (C=O) groups is 1. The molecule has 2 aromatic carbocycles. The van der Waals surface area contributed by atoms with Crippen molar-refractivity contribution < 1.29 is 17.9 Å². The van der Waals surface area contributed by atoms with E-state index >= 15 is 0 Å². The third-order valence-corrected chi connectivity index (χ3v) is 6.98. The monoisotopic (exact) mass is 450 g/mol. The second-order valence-electron chi connectivity index (χ2n) is 7.59. The van der Waals surface area contributed by atoms with E-state index in [1.54, 1.807) is 26.8 Å². The van der Waals surface area contributed by atoms with Crippen LogP contribution in [-0.2, 0) is 14.8 Å². The molecule has 2 aromatic rings. The van der Waals surface area contributed by atoms with Gasteiger partial charge in [0.15, 0.2) is 0 Å². The molecule has 0 saturated carbocycles. The highest BCUT2D eigenvalue weighted by Gasteiger charge is 2.20. The van der Waals surface area contributed by atoms with E-state index in [0.29, 0.717) is 11.4 Å². The maximum Gasteiger partial charge on any atom is 0.241 e. The zero-order chi connectivity index (χ0) is 22.5. The largest absolute Gasteiger partial charge is 0.492 e. The van der Waals surface area contributed by atoms with Gasteiger partial charge in [-0.1, -0.05) is 19.9 Å². The molecule has 2 rings (SSSR count). The molecule has 0 unspecified atom stereocenters. The highest BCUT2D eigenvalue weighted by atomic mass is 32.2. The van der Waals surface area contributed by atoms with Crippen molar-refractivity contribution in [2.45, 2.75) is 50.5 Å². The van der Waals surface area contributed by atoms with Gasteiger partial charge in [0.1, 0.15) is 12.4 Å². The van der Waals surface area contributed by atoms with Gasteiger partial charge in [-0.25, -0.2) is 13.1 Å². The van der Waals surface area contributed by atoms with Gasteiger partial charge in [0.2, 0.25) is 15.9 Å². The van der Waals surface area contributed by atoms with Crippen molar-refractivity contribution in [2.24, 2.45) is 5.92 Å². The van der Waals surface area contributed by atoms with E-state index in [1.165, 1.54) is 29.5 Å². The number of hydrogen-bond acceptors (Lipinski definition) is 5. The third kappa shape index (κ3) is 6.48. The van der Waals surface area contributed by atoms with Crippen LogP contribution in [0.5, 0.6) is 5.75 Å². The second-order valence-corrected chi connectivity index (χ2v) is 10.1. The zero-order valence-corrected chi connectivity index (χ0v) is 19.9. The Morgan fingerprint density at radius 2 is 1.77 bits per heavy atom. The maximum atomic E-state index is 12.8. The molecule has 1 amide bonds. The number of ether oxygens (including phenoxy) is 1. The van der Waals surface area contributed by atoms with E-state index in [0.717, 1.165) is 10.5 Å². The molecule has 0 spiro atoms. The number of nitrogens with one attached hydrogen (secondary N) is 2. The Labute approximate surface area is 183 Å². The Kier molecular flexibility index (Phi) is 8.34. The smallest absolute Gasteiger partial charge is 0.241 e. The highest BCUT2D eigenvalue weighted by Crippen LogP contribution is 2.28. The van der Waals surface area contributed by atoms with Crippen molar-refractivity contribution in [3.8, 4) is 5.75 Å². The number of anilines is 1. The van der Waals surface area contributed by atoms with E-state index < -0.39 is 16.1 Å². The molecule has 6 nitrogen and oxygen atoms in total. The van der Waals surface area contributed by atoms with Gasteiger partial charge in [0, 0.05) is 10.8 Å². The first-order valence-electron chi connectivity index (χ1n) is 9.74. The first-order valence-corrected chi connectivity index (χ1v) is 12.5. The summed E-state index contributed by atoms with van der Waals surface area (Å²) in [5, 5.41) is 2.81. The Morgan fingerprint density at radius 3 is 2.37 bits per heavy atom. The van der Waals surface area contributed by atoms with Crippen LogP contribution in [0.4, 0.5) is 5.69 Å². The van der Waals surface area contributed by atoms with E-state index in [2.05, 4.69) is 10.0 Å². The fourth-order valence-corrected chi connectivity index (χ4v) is 4.41. The SMILES string of the molecule is CSc1ccc(S(=O)(=O)N[C@@H](C)COc2ccc(C)c(C)c2)cc1NC(=O)C(C)C. The summed E-state index contributed by atoms with van der Waals surface area (Å²) in [5.41, 5.74) is 2.78. The van der Waals surface area contributed by atoms with Crippen LogP contribution in [0.2, 0.25) is 0 Å². The van der Waals surface area contributed by atoms with Crippen LogP contribution in [-0.4, -0.2) is 33.2 Å². The molecule has 0 saturated heterocycles. The summed E-state index contributed by atoms with van der Waals surface area (Å²) in [6, 6.07) is 10.1. The van der Waals surface area contributed by atoms with Gasteiger partial charge >= 0.3 is 0 Å². The van der Waals surface area contributed by atoms with Gasteiger partial charge in [0.25, 0.3) is 0 Å². The molecule has 1 atom stereocenters. The zero-order valence-electron chi connectivity index (χ0n) is 18.3. The third-order valence-electron chi connectivity index (χ3n) is 4.60. The number of thioether (sulfide) groups is 1. The molecule has 0 aromatic heterocycles. The number of benzene rings is 2. The van der Waals surface area contributed by atoms with Gasteiger partial charge in [-0.2, -0.15) is 0 Å². The topological polar surface area (TPSA) is 84.5 Å². The quantitative estimate of drug-likeness (QED) is 0.554. The molecule has 0 aliphatic heterocycles. The molecular weight excluding hydrogens is 420 g/mol. The summed E-state index contributed by atoms with van der Waals surface area (Å²) >= 11 is 1.44. The van der Waals surface area contributed by atoms with Crippen molar-refractivity contribution >= 4 is 33.4 Å². The predicted molar refractivity (Wildman–Crippen MR) is 123 cm³/mol. The van der Waals surface area contributed by atoms with E-state index in [4.69, 9.17) is 4.74 Å². The molecule has 0 aliphatic carbocycles. The average molecular weight is 451 g/mol. The summed E-state index contributed by atoms with van der Waals surface area (Å²) in [7, 11) is -3.77. The molecule has 0 fully saturated rings. The summed E-state index contributed by atoms with van der Waals surface area (Å²) < 4.78 is 34.1. The fraction of sp³-hybridized carbons (Fsp3) is 0.409. The minimum atomic E-state index is -3.77. The summed E-state index contributed by atoms with van der Waals surface area (Å²) in [5.74, 6) is 0.329. The number of sulfonamides is 1. The first-order chi connectivity index (χ1) is 14.0. The Balaban J connectivity index is 2.11. The standard InChI is InChI=1S/C22H30N2O4S2/c1-14(2)22(25)23-20-12-19(9-10-21(20)29-6)30(26,27)24-17(5)13-28-18-8-7-15(3)16(4)11-18/h7-12,14,17,24H,13H2,1-6H3,(H,23,25)/t17-/m0/s1. The Morgan fingerprint density at radius 1 is 1.07 bits per heavy atom. The van der Waals surface area contributed by atoms with Gasteiger partial charge in [-0.3, -0.25) is 4.79 Å². The van der Waals surface area contributed by atoms with Gasteiger partial charge in [-0.15, -0.1) is 11.8 Å². The summed E-state index contributed by atoms with van der Waals surface area (Å²) in [6.45, 7) is 9.54. The molecule has 0 bridgehead atoms. The van der Waals surface area contributed by atoms with Gasteiger partial charge < -0.3 is 10.1 Å². The summed E-state index contributed by atoms with van der Waals surface area (Å²) in [4.78, 5) is 13.0. The fourth-order valence-electron chi connectivity index (χ4n) is 2.62. The van der Waals surface area contributed by atoms with E-state index in [1.807, 2.05) is 38.3 Å². The molecule has 2 N–H and O–H groups in total. The molecule has 0 radical (unpaired) electrons. The number of hydrogen-bond donors (Lipinski definition) is 2. The van der Waals surface area contributed by atoms with Crippen molar-refractivity contribution in [3.05, 3.63) is 47.5 Å². The van der Waals surface area contributed by atoms with Crippen molar-refractivity contribution in [1.29, 1.82) is 0 Å². The normalized spacial score (nSPS) is 12.6. The number of amides is 1. The van der Waals surface area contributed by atoms with Crippen LogP contribution in [0.15, 0.2) is 46.2 Å². The van der Waals surface area contributed by atoms with Gasteiger partial charge in [-0.05, 0) is 68.5 Å². The number of carbonyl (C=O) groups excluding carboxylic acids is 1. The predicted octanol–water partition coefficient (Wildman–Crippen LogP) is 4.37. The van der Waals surface area contributed by atoms with E-state index in [9.17, 15) is 13.2 Å². The van der Waals surface area contributed by atoms with Crippen LogP contribution >= 0.6 is 11.8 Å². The lowest BCUT2D eigenvalue weighted by molar-refractivity contribution is -0.118. The number of aryl methyl sites for hydroxylation is 2. The molecule has 0 aliphatic rings. The van der Waals surface area contributed by atoms with Crippen LogP contribution in [0.1, 0.15) is 31.9 Å². The molecular formula is C22H30N2O4S2. The van der Waals surface area contributed by atoms with Crippen molar-refractivity contribution in [2.75, 3.05) is 18.2 Å². The van der Waals surface area contributed by atoms with Crippen molar-refractivity contribution in [1.82, 2.24) is 4.72 Å².